The molecule has 0 spiro atoms. The van der Waals surface area contributed by atoms with Crippen molar-refractivity contribution in [3.05, 3.63) is 53.1 Å². The van der Waals surface area contributed by atoms with Crippen molar-refractivity contribution < 1.29 is 17.9 Å². The van der Waals surface area contributed by atoms with E-state index in [0.717, 1.165) is 6.07 Å². The van der Waals surface area contributed by atoms with Crippen LogP contribution in [0.1, 0.15) is 11.1 Å². The third-order valence-corrected chi connectivity index (χ3v) is 2.82. The monoisotopic (exact) mass is 282 g/mol. The molecular weight excluding hydrogens is 269 g/mol. The Bertz CT molecular complexity index is 632. The van der Waals surface area contributed by atoms with Crippen LogP contribution in [-0.2, 0) is 6.67 Å². The van der Waals surface area contributed by atoms with Gasteiger partial charge in [0.15, 0.2) is 11.6 Å². The van der Waals surface area contributed by atoms with Crippen LogP contribution in [0, 0.1) is 18.6 Å². The van der Waals surface area contributed by atoms with Gasteiger partial charge in [0.2, 0.25) is 5.82 Å². The van der Waals surface area contributed by atoms with E-state index in [1.54, 1.807) is 13.0 Å². The average Bonchev–Trinajstić information content (AvgIpc) is 2.43. The summed E-state index contributed by atoms with van der Waals surface area (Å²) in [5.41, 5.74) is 3.75. The Morgan fingerprint density at radius 3 is 2.65 bits per heavy atom. The molecule has 0 aromatic heterocycles. The minimum Gasteiger partial charge on any atom is -0.454 e. The molecule has 2 rings (SSSR count). The zero-order valence-corrected chi connectivity index (χ0v) is 10.7. The van der Waals surface area contributed by atoms with Gasteiger partial charge in [-0.2, -0.15) is 4.39 Å². The smallest absolute Gasteiger partial charge is 0.201 e. The van der Waals surface area contributed by atoms with E-state index < -0.39 is 18.3 Å². The van der Waals surface area contributed by atoms with Gasteiger partial charge in [-0.15, -0.1) is 0 Å². The van der Waals surface area contributed by atoms with Gasteiger partial charge < -0.3 is 10.2 Å². The van der Waals surface area contributed by atoms with Gasteiger partial charge in [0.1, 0.15) is 12.4 Å². The lowest BCUT2D eigenvalue weighted by atomic mass is 10.1. The van der Waals surface area contributed by atoms with E-state index in [-0.39, 0.29) is 17.1 Å². The molecule has 0 aliphatic heterocycles. The second-order valence-corrected chi connectivity index (χ2v) is 4.21. The van der Waals surface area contributed by atoms with Gasteiger partial charge >= 0.3 is 0 Å². The highest BCUT2D eigenvalue weighted by Crippen LogP contribution is 2.31. The second-order valence-electron chi connectivity index (χ2n) is 4.21. The predicted molar refractivity (Wildman–Crippen MR) is 70.2 cm³/mol. The molecule has 0 fully saturated rings. The zero-order valence-electron chi connectivity index (χ0n) is 10.7. The molecule has 6 heteroatoms. The fourth-order valence-corrected chi connectivity index (χ4v) is 1.89. The standard InChI is InChI=1S/C14H13F3N2O/c1-8-5-10(6-9(7-15)14(8)19-18)20-12-4-2-3-11(16)13(12)17/h2-6,19H,7,18H2,1H3. The van der Waals surface area contributed by atoms with Crippen LogP contribution in [0.3, 0.4) is 0 Å². The Morgan fingerprint density at radius 2 is 2.00 bits per heavy atom. The third kappa shape index (κ3) is 2.70. The molecule has 0 bridgehead atoms. The predicted octanol–water partition coefficient (Wildman–Crippen LogP) is 3.82. The topological polar surface area (TPSA) is 47.3 Å². The third-order valence-electron chi connectivity index (χ3n) is 2.82. The molecule has 3 nitrogen and oxygen atoms in total. The number of nitrogens with one attached hydrogen (secondary N) is 1. The van der Waals surface area contributed by atoms with E-state index in [1.165, 1.54) is 18.2 Å². The molecule has 0 saturated heterocycles. The van der Waals surface area contributed by atoms with Gasteiger partial charge in [-0.05, 0) is 36.8 Å². The maximum Gasteiger partial charge on any atom is 0.201 e. The normalized spacial score (nSPS) is 10.4. The lowest BCUT2D eigenvalue weighted by Crippen LogP contribution is -2.10. The molecular formula is C14H13F3N2O. The fourth-order valence-electron chi connectivity index (χ4n) is 1.89. The van der Waals surface area contributed by atoms with E-state index >= 15 is 0 Å². The number of alkyl halides is 1. The largest absolute Gasteiger partial charge is 0.454 e. The van der Waals surface area contributed by atoms with Crippen molar-refractivity contribution in [2.45, 2.75) is 13.6 Å². The molecule has 0 amide bonds. The summed E-state index contributed by atoms with van der Waals surface area (Å²) in [6.07, 6.45) is 0. The summed E-state index contributed by atoms with van der Waals surface area (Å²) in [4.78, 5) is 0. The van der Waals surface area contributed by atoms with Gasteiger partial charge in [0, 0.05) is 5.56 Å². The summed E-state index contributed by atoms with van der Waals surface area (Å²) in [7, 11) is 0. The molecule has 20 heavy (non-hydrogen) atoms. The quantitative estimate of drug-likeness (QED) is 0.662. The molecule has 0 unspecified atom stereocenters. The van der Waals surface area contributed by atoms with E-state index in [4.69, 9.17) is 10.6 Å². The van der Waals surface area contributed by atoms with Crippen molar-refractivity contribution in [1.29, 1.82) is 0 Å². The van der Waals surface area contributed by atoms with E-state index in [0.29, 0.717) is 11.3 Å². The summed E-state index contributed by atoms with van der Waals surface area (Å²) in [5.74, 6) is 3.15. The van der Waals surface area contributed by atoms with Gasteiger partial charge in [-0.1, -0.05) is 6.07 Å². The van der Waals surface area contributed by atoms with Crippen molar-refractivity contribution in [2.75, 3.05) is 5.43 Å². The van der Waals surface area contributed by atoms with Gasteiger partial charge in [-0.25, -0.2) is 8.78 Å². The number of halogens is 3. The first-order valence-electron chi connectivity index (χ1n) is 5.84. The van der Waals surface area contributed by atoms with Crippen LogP contribution < -0.4 is 16.0 Å². The summed E-state index contributed by atoms with van der Waals surface area (Å²) in [6.45, 7) is 0.937. The van der Waals surface area contributed by atoms with Crippen LogP contribution >= 0.6 is 0 Å². The first-order chi connectivity index (χ1) is 9.56. The first-order valence-corrected chi connectivity index (χ1v) is 5.84. The van der Waals surface area contributed by atoms with Crippen LogP contribution in [-0.4, -0.2) is 0 Å². The Morgan fingerprint density at radius 1 is 1.25 bits per heavy atom. The van der Waals surface area contributed by atoms with Crippen LogP contribution in [0.4, 0.5) is 18.9 Å². The van der Waals surface area contributed by atoms with Crippen LogP contribution in [0.5, 0.6) is 11.5 Å². The molecule has 0 heterocycles. The van der Waals surface area contributed by atoms with Crippen molar-refractivity contribution in [2.24, 2.45) is 5.84 Å². The maximum absolute atomic E-state index is 13.5. The van der Waals surface area contributed by atoms with E-state index in [1.807, 2.05) is 0 Å². The Labute approximate surface area is 114 Å². The minimum atomic E-state index is -1.09. The second kappa shape index (κ2) is 5.83. The highest BCUT2D eigenvalue weighted by Gasteiger charge is 2.12. The molecule has 0 radical (unpaired) electrons. The first kappa shape index (κ1) is 14.2. The Kier molecular flexibility index (Phi) is 4.14. The number of benzene rings is 2. The summed E-state index contributed by atoms with van der Waals surface area (Å²) >= 11 is 0. The maximum atomic E-state index is 13.5. The number of hydrazine groups is 1. The average molecular weight is 282 g/mol. The van der Waals surface area contributed by atoms with Gasteiger partial charge in [0.05, 0.1) is 5.69 Å². The van der Waals surface area contributed by atoms with Crippen LogP contribution in [0.15, 0.2) is 30.3 Å². The lowest BCUT2D eigenvalue weighted by Gasteiger charge is -2.13. The SMILES string of the molecule is Cc1cc(Oc2cccc(F)c2F)cc(CF)c1NN. The van der Waals surface area contributed by atoms with E-state index in [9.17, 15) is 13.2 Å². The molecule has 106 valence electrons. The summed E-state index contributed by atoms with van der Waals surface area (Å²) < 4.78 is 44.8. The molecule has 3 N–H and O–H groups in total. The lowest BCUT2D eigenvalue weighted by molar-refractivity contribution is 0.414. The minimum absolute atomic E-state index is 0.207. The van der Waals surface area contributed by atoms with Crippen molar-refractivity contribution in [3.63, 3.8) is 0 Å². The molecule has 0 saturated carbocycles. The van der Waals surface area contributed by atoms with Gasteiger partial charge in [-0.3, -0.25) is 5.84 Å². The number of hydrogen-bond donors (Lipinski definition) is 2. The van der Waals surface area contributed by atoms with Gasteiger partial charge in [0.25, 0.3) is 0 Å². The Balaban J connectivity index is 2.39. The van der Waals surface area contributed by atoms with Crippen LogP contribution in [0.2, 0.25) is 0 Å². The highest BCUT2D eigenvalue weighted by molar-refractivity contribution is 5.59. The number of aryl methyl sites for hydroxylation is 1. The summed E-state index contributed by atoms with van der Waals surface area (Å²) in [6, 6.07) is 6.54. The fraction of sp³-hybridized carbons (Fsp3) is 0.143. The van der Waals surface area contributed by atoms with Crippen LogP contribution in [0.25, 0.3) is 0 Å². The number of nitrogen functional groups attached to an aromatic ring is 1. The number of hydrogen-bond acceptors (Lipinski definition) is 3. The number of ether oxygens (including phenoxy) is 1. The van der Waals surface area contributed by atoms with Crippen molar-refractivity contribution >= 4 is 5.69 Å². The number of anilines is 1. The van der Waals surface area contributed by atoms with Crippen molar-refractivity contribution in [1.82, 2.24) is 0 Å². The highest BCUT2D eigenvalue weighted by atomic mass is 19.2. The zero-order chi connectivity index (χ0) is 14.7. The molecule has 0 atom stereocenters. The summed E-state index contributed by atoms with van der Waals surface area (Å²) in [5, 5.41) is 0. The molecule has 0 aliphatic carbocycles. The molecule has 2 aromatic rings. The number of rotatable bonds is 4. The van der Waals surface area contributed by atoms with Crippen molar-refractivity contribution in [3.8, 4) is 11.5 Å². The molecule has 2 aromatic carbocycles. The number of nitrogens with two attached hydrogens (primary N) is 1. The molecule has 0 aliphatic rings. The van der Waals surface area contributed by atoms with E-state index in [2.05, 4.69) is 5.43 Å². The Hall–Kier alpha value is -2.21.